The molecule has 5 saturated heterocycles. The van der Waals surface area contributed by atoms with Gasteiger partial charge in [-0.1, -0.05) is 6.07 Å². The molecule has 0 radical (unpaired) electrons. The largest absolute Gasteiger partial charge is 0.507 e. The lowest BCUT2D eigenvalue weighted by molar-refractivity contribution is -0.136. The van der Waals surface area contributed by atoms with Crippen molar-refractivity contribution in [2.75, 3.05) is 75.8 Å². The van der Waals surface area contributed by atoms with E-state index in [9.17, 15) is 24.3 Å². The summed E-state index contributed by atoms with van der Waals surface area (Å²) in [5, 5.41) is 15.1. The number of nitrogens with one attached hydrogen (secondary N) is 2. The zero-order chi connectivity index (χ0) is 40.2. The molecule has 7 aliphatic rings. The van der Waals surface area contributed by atoms with Gasteiger partial charge < -0.3 is 34.4 Å². The van der Waals surface area contributed by atoms with Crippen molar-refractivity contribution in [3.8, 4) is 22.6 Å². The number of pyridine rings is 2. The molecular weight excluding hydrogens is 749 g/mol. The first-order valence-corrected chi connectivity index (χ1v) is 21.2. The third kappa shape index (κ3) is 6.33. The second-order valence-electron chi connectivity index (χ2n) is 18.6. The first-order chi connectivity index (χ1) is 28.5. The molecule has 1 unspecified atom stereocenters. The van der Waals surface area contributed by atoms with E-state index in [1.165, 1.54) is 12.8 Å². The van der Waals surface area contributed by atoms with Crippen LogP contribution in [0.2, 0.25) is 0 Å². The molecule has 1 atom stereocenters. The average molecular weight is 799 g/mol. The Morgan fingerprint density at radius 3 is 2.39 bits per heavy atom. The van der Waals surface area contributed by atoms with Gasteiger partial charge in [-0.15, -0.1) is 0 Å². The summed E-state index contributed by atoms with van der Waals surface area (Å²) in [6.45, 7) is 10.2. The number of aromatic hydroxyl groups is 1. The smallest absolute Gasteiger partial charge is 0.257 e. The van der Waals surface area contributed by atoms with Gasteiger partial charge in [-0.25, -0.2) is 4.98 Å². The van der Waals surface area contributed by atoms with Gasteiger partial charge in [0.25, 0.3) is 11.5 Å². The first kappa shape index (κ1) is 36.6. The van der Waals surface area contributed by atoms with Crippen LogP contribution in [0.25, 0.3) is 21.9 Å². The summed E-state index contributed by atoms with van der Waals surface area (Å²) < 4.78 is 5.86. The zero-order valence-corrected chi connectivity index (χ0v) is 33.5. The van der Waals surface area contributed by atoms with Crippen molar-refractivity contribution in [1.29, 1.82) is 0 Å². The lowest BCUT2D eigenvalue weighted by atomic mass is 9.71. The minimum atomic E-state index is -0.597. The highest BCUT2D eigenvalue weighted by Crippen LogP contribution is 2.54. The van der Waals surface area contributed by atoms with Crippen molar-refractivity contribution in [3.63, 3.8) is 0 Å². The molecular formula is C45H50N8O6. The number of rotatable bonds is 9. The van der Waals surface area contributed by atoms with Crippen LogP contribution in [-0.4, -0.2) is 120 Å². The number of piperidine rings is 2. The Hall–Kier alpha value is -5.47. The van der Waals surface area contributed by atoms with Gasteiger partial charge in [0, 0.05) is 116 Å². The topological polar surface area (TPSA) is 155 Å². The quantitative estimate of drug-likeness (QED) is 0.213. The number of fused-ring (bicyclic) bond motifs is 2. The molecule has 2 spiro atoms. The first-order valence-electron chi connectivity index (χ1n) is 21.2. The summed E-state index contributed by atoms with van der Waals surface area (Å²) >= 11 is 0. The normalized spacial score (nSPS) is 23.6. The van der Waals surface area contributed by atoms with Crippen LogP contribution in [-0.2, 0) is 22.7 Å². The standard InChI is InChI=1S/C45H50N8O6/c1-59-38-13-29(33-16-47-41(56)34-17-46-39(15-32(33)34)52-25-44(26-52)6-7-44)12-37(54)35(38)22-50-19-27(20-50)18-49-10-8-45(9-11-49)23-51(24-45)30-3-2-28-21-53(43(58)31(28)14-30)36-4-5-40(55)48-42(36)57/h2-3,12-17,27,36,54H,4-11,18-26H2,1H3,(H,47,56)(H,48,55,57). The second-order valence-corrected chi connectivity index (χ2v) is 18.6. The molecule has 2 aromatic heterocycles. The molecule has 3 amide bonds. The van der Waals surface area contributed by atoms with Crippen LogP contribution in [0.1, 0.15) is 60.0 Å². The number of ether oxygens (including phenoxy) is 1. The number of hydrogen-bond donors (Lipinski definition) is 3. The zero-order valence-electron chi connectivity index (χ0n) is 33.5. The summed E-state index contributed by atoms with van der Waals surface area (Å²) in [5.74, 6) is 1.50. The molecule has 14 heteroatoms. The maximum atomic E-state index is 13.4. The van der Waals surface area contributed by atoms with Crippen molar-refractivity contribution in [2.24, 2.45) is 16.7 Å². The fourth-order valence-corrected chi connectivity index (χ4v) is 10.8. The van der Waals surface area contributed by atoms with Gasteiger partial charge in [0.05, 0.1) is 12.5 Å². The van der Waals surface area contributed by atoms with Crippen LogP contribution in [0.4, 0.5) is 11.5 Å². The van der Waals surface area contributed by atoms with Crippen molar-refractivity contribution < 1.29 is 24.2 Å². The number of H-pyrrole nitrogens is 1. The summed E-state index contributed by atoms with van der Waals surface area (Å²) in [4.78, 5) is 69.0. The lowest BCUT2D eigenvalue weighted by Crippen LogP contribution is -2.61. The number of nitrogens with zero attached hydrogens (tertiary/aromatic N) is 6. The molecule has 6 fully saturated rings. The molecule has 3 N–H and O–H groups in total. The van der Waals surface area contributed by atoms with E-state index in [1.807, 2.05) is 24.3 Å². The van der Waals surface area contributed by atoms with E-state index >= 15 is 0 Å². The minimum Gasteiger partial charge on any atom is -0.507 e. The second kappa shape index (κ2) is 13.5. The maximum absolute atomic E-state index is 13.4. The molecule has 59 heavy (non-hydrogen) atoms. The Morgan fingerprint density at radius 2 is 1.64 bits per heavy atom. The number of phenols is 1. The molecule has 8 heterocycles. The van der Waals surface area contributed by atoms with E-state index in [1.54, 1.807) is 30.5 Å². The molecule has 4 aromatic rings. The van der Waals surface area contributed by atoms with E-state index in [2.05, 4.69) is 41.0 Å². The van der Waals surface area contributed by atoms with E-state index in [4.69, 9.17) is 4.74 Å². The molecule has 14 nitrogen and oxygen atoms in total. The highest BCUT2D eigenvalue weighted by atomic mass is 16.5. The van der Waals surface area contributed by atoms with Crippen LogP contribution < -0.4 is 25.4 Å². The SMILES string of the molecule is COc1cc(-c2c[nH]c(=O)c3cnc(N4CC5(CC5)C4)cc23)cc(O)c1CN1CC(CN2CCC3(CC2)CN(c2ccc4c(c2)C(=O)N(C2CCC(=O)NC2=O)C4)C3)C1. The van der Waals surface area contributed by atoms with Gasteiger partial charge in [-0.3, -0.25) is 29.4 Å². The monoisotopic (exact) mass is 798 g/mol. The Balaban J connectivity index is 0.676. The maximum Gasteiger partial charge on any atom is 0.257 e. The van der Waals surface area contributed by atoms with Gasteiger partial charge in [-0.2, -0.15) is 0 Å². The van der Waals surface area contributed by atoms with Gasteiger partial charge in [-0.05, 0) is 92.6 Å². The number of aromatic nitrogens is 2. The molecule has 1 aliphatic carbocycles. The van der Waals surface area contributed by atoms with Crippen molar-refractivity contribution in [2.45, 2.75) is 57.7 Å². The number of anilines is 2. The third-order valence-electron chi connectivity index (χ3n) is 14.6. The van der Waals surface area contributed by atoms with E-state index in [0.717, 1.165) is 111 Å². The number of methoxy groups -OCH3 is 1. The number of aromatic amines is 1. The lowest BCUT2D eigenvalue weighted by Gasteiger charge is -2.55. The summed E-state index contributed by atoms with van der Waals surface area (Å²) in [5.41, 5.74) is 5.66. The molecule has 2 aromatic carbocycles. The third-order valence-corrected chi connectivity index (χ3v) is 14.6. The van der Waals surface area contributed by atoms with Crippen LogP contribution in [0.3, 0.4) is 0 Å². The highest BCUT2D eigenvalue weighted by molar-refractivity contribution is 6.05. The number of carbonyl (C=O) groups is 3. The summed E-state index contributed by atoms with van der Waals surface area (Å²) in [6, 6.07) is 11.3. The fraction of sp³-hybridized carbons (Fsp3) is 0.489. The average Bonchev–Trinajstić information content (AvgIpc) is 3.94. The van der Waals surface area contributed by atoms with Crippen LogP contribution >= 0.6 is 0 Å². The fourth-order valence-electron chi connectivity index (χ4n) is 10.8. The number of benzene rings is 2. The number of imide groups is 1. The molecule has 6 aliphatic heterocycles. The van der Waals surface area contributed by atoms with Gasteiger partial charge in [0.15, 0.2) is 0 Å². The number of hydrogen-bond acceptors (Lipinski definition) is 11. The predicted molar refractivity (Wildman–Crippen MR) is 221 cm³/mol. The van der Waals surface area contributed by atoms with Gasteiger partial charge in [0.2, 0.25) is 11.8 Å². The Morgan fingerprint density at radius 1 is 0.881 bits per heavy atom. The number of amides is 3. The molecule has 306 valence electrons. The van der Waals surface area contributed by atoms with E-state index in [-0.39, 0.29) is 35.5 Å². The number of likely N-dealkylation sites (tertiary alicyclic amines) is 2. The van der Waals surface area contributed by atoms with Crippen LogP contribution in [0, 0.1) is 16.7 Å². The Bertz CT molecular complexity index is 2470. The Labute approximate surface area is 342 Å². The molecule has 1 saturated carbocycles. The summed E-state index contributed by atoms with van der Waals surface area (Å²) in [7, 11) is 1.64. The van der Waals surface area contributed by atoms with Crippen LogP contribution in [0.5, 0.6) is 11.5 Å². The van der Waals surface area contributed by atoms with Gasteiger partial charge >= 0.3 is 0 Å². The number of phenolic OH excluding ortho intramolecular Hbond substituents is 1. The Kier molecular flexibility index (Phi) is 8.39. The van der Waals surface area contributed by atoms with Crippen molar-refractivity contribution in [1.82, 2.24) is 30.0 Å². The minimum absolute atomic E-state index is 0.125. The number of carbonyl (C=O) groups excluding carboxylic acids is 3. The van der Waals surface area contributed by atoms with E-state index < -0.39 is 6.04 Å². The van der Waals surface area contributed by atoms with Crippen LogP contribution in [0.15, 0.2) is 53.6 Å². The highest BCUT2D eigenvalue weighted by Gasteiger charge is 2.53. The summed E-state index contributed by atoms with van der Waals surface area (Å²) in [6.07, 6.45) is 8.91. The predicted octanol–water partition coefficient (Wildman–Crippen LogP) is 3.70. The van der Waals surface area contributed by atoms with Crippen molar-refractivity contribution >= 4 is 40.0 Å². The van der Waals surface area contributed by atoms with Crippen molar-refractivity contribution in [3.05, 3.63) is 75.8 Å². The van der Waals surface area contributed by atoms with E-state index in [0.29, 0.717) is 53.0 Å². The molecule has 0 bridgehead atoms. The van der Waals surface area contributed by atoms with Gasteiger partial charge in [0.1, 0.15) is 23.4 Å². The molecule has 11 rings (SSSR count).